The molecule has 0 aliphatic carbocycles. The summed E-state index contributed by atoms with van der Waals surface area (Å²) in [4.78, 5) is 0. The lowest BCUT2D eigenvalue weighted by atomic mass is 9.81. The molecule has 0 aromatic heterocycles. The summed E-state index contributed by atoms with van der Waals surface area (Å²) < 4.78 is 29.7. The van der Waals surface area contributed by atoms with Crippen LogP contribution in [0.1, 0.15) is 20.3 Å². The third-order valence-corrected chi connectivity index (χ3v) is 3.48. The Balaban J connectivity index is 2.05. The van der Waals surface area contributed by atoms with Crippen molar-refractivity contribution in [2.75, 3.05) is 0 Å². The summed E-state index contributed by atoms with van der Waals surface area (Å²) in [6.45, 7) is 4.16. The van der Waals surface area contributed by atoms with Crippen molar-refractivity contribution in [2.24, 2.45) is 11.8 Å². The minimum atomic E-state index is -2.17. The fourth-order valence-electron chi connectivity index (χ4n) is 2.52. The Morgan fingerprint density at radius 1 is 1.54 bits per heavy atom. The molecule has 2 rings (SSSR count). The predicted octanol–water partition coefficient (Wildman–Crippen LogP) is 0.952. The fraction of sp³-hybridized carbons (Fsp3) is 1.00. The van der Waals surface area contributed by atoms with Crippen molar-refractivity contribution in [3.8, 4) is 0 Å². The van der Waals surface area contributed by atoms with E-state index in [9.17, 15) is 4.21 Å². The van der Waals surface area contributed by atoms with E-state index in [0.717, 1.165) is 6.42 Å². The van der Waals surface area contributed by atoms with E-state index in [2.05, 4.69) is 6.92 Å². The predicted molar refractivity (Wildman–Crippen MR) is 47.3 cm³/mol. The molecule has 2 bridgehead atoms. The van der Waals surface area contributed by atoms with Crippen LogP contribution in [0.4, 0.5) is 0 Å². The third-order valence-electron chi connectivity index (χ3n) is 3.09. The van der Waals surface area contributed by atoms with E-state index in [1.54, 1.807) is 0 Å². The summed E-state index contributed by atoms with van der Waals surface area (Å²) in [6, 6.07) is 0. The molecule has 0 radical (unpaired) electrons. The number of fused-ring (bicyclic) bond motifs is 2. The number of hydrogen-bond acceptors (Lipinski definition) is 3. The van der Waals surface area contributed by atoms with Gasteiger partial charge in [-0.3, -0.25) is 8.74 Å². The summed E-state index contributed by atoms with van der Waals surface area (Å²) in [5.74, 6) is 0.775. The Kier molecular flexibility index (Phi) is 2.44. The highest BCUT2D eigenvalue weighted by Gasteiger charge is 2.51. The first kappa shape index (κ1) is 9.58. The normalized spacial score (nSPS) is 51.2. The van der Waals surface area contributed by atoms with Crippen molar-refractivity contribution in [2.45, 2.75) is 38.6 Å². The van der Waals surface area contributed by atoms with Gasteiger partial charge in [0.05, 0.1) is 12.2 Å². The summed E-state index contributed by atoms with van der Waals surface area (Å²) in [7, 11) is 0. The molecule has 2 aliphatic heterocycles. The number of hydrogen-bond donors (Lipinski definition) is 1. The zero-order chi connectivity index (χ0) is 9.59. The van der Waals surface area contributed by atoms with Crippen LogP contribution in [0.3, 0.4) is 0 Å². The topological polar surface area (TPSA) is 55.8 Å². The lowest BCUT2D eigenvalue weighted by molar-refractivity contribution is 0.0639. The second-order valence-corrected chi connectivity index (χ2v) is 4.62. The maximum atomic E-state index is 10.5. The molecule has 0 aromatic rings. The summed E-state index contributed by atoms with van der Waals surface area (Å²) in [5.41, 5.74) is 0. The van der Waals surface area contributed by atoms with Crippen LogP contribution < -0.4 is 0 Å². The monoisotopic (exact) mass is 206 g/mol. The molecular weight excluding hydrogens is 192 g/mol. The van der Waals surface area contributed by atoms with Gasteiger partial charge >= 0.3 is 11.4 Å². The van der Waals surface area contributed by atoms with E-state index >= 15 is 0 Å². The van der Waals surface area contributed by atoms with Gasteiger partial charge in [0.1, 0.15) is 6.10 Å². The highest BCUT2D eigenvalue weighted by molar-refractivity contribution is 7.74. The Hall–Kier alpha value is 0.0300. The van der Waals surface area contributed by atoms with Gasteiger partial charge in [0, 0.05) is 5.92 Å². The van der Waals surface area contributed by atoms with E-state index in [1.807, 2.05) is 6.92 Å². The number of rotatable bonds is 2. The Bertz CT molecular complexity index is 230. The summed E-state index contributed by atoms with van der Waals surface area (Å²) in [6.07, 6.45) is 0.966. The second kappa shape index (κ2) is 3.31. The first-order valence-corrected chi connectivity index (χ1v) is 5.56. The van der Waals surface area contributed by atoms with E-state index in [-0.39, 0.29) is 24.2 Å². The van der Waals surface area contributed by atoms with Gasteiger partial charge in [0.2, 0.25) is 0 Å². The van der Waals surface area contributed by atoms with Crippen LogP contribution in [0.2, 0.25) is 0 Å². The van der Waals surface area contributed by atoms with Crippen LogP contribution >= 0.6 is 0 Å². The molecule has 6 atom stereocenters. The molecular formula is C8H14O4S. The van der Waals surface area contributed by atoms with E-state index in [1.165, 1.54) is 0 Å². The molecule has 2 aliphatic rings. The first-order chi connectivity index (χ1) is 6.09. The van der Waals surface area contributed by atoms with Gasteiger partial charge in [-0.15, -0.1) is 0 Å². The summed E-state index contributed by atoms with van der Waals surface area (Å²) >= 11 is -2.17. The van der Waals surface area contributed by atoms with E-state index < -0.39 is 11.4 Å². The maximum absolute atomic E-state index is 10.5. The van der Waals surface area contributed by atoms with Gasteiger partial charge in [0.25, 0.3) is 0 Å². The standard InChI is InChI=1S/C8H14O4S/c1-4-3-6-8(12-13(9)10)5(2)7(4)11-6/h4-8H,3H2,1-2H3,(H,9,10). The molecule has 6 unspecified atom stereocenters. The Labute approximate surface area is 80.1 Å². The minimum Gasteiger partial charge on any atom is -0.372 e. The van der Waals surface area contributed by atoms with Gasteiger partial charge in [-0.05, 0) is 12.3 Å². The molecule has 0 aromatic carbocycles. The molecule has 2 heterocycles. The molecule has 1 N–H and O–H groups in total. The van der Waals surface area contributed by atoms with Gasteiger partial charge in [-0.1, -0.05) is 13.8 Å². The highest BCUT2D eigenvalue weighted by Crippen LogP contribution is 2.44. The van der Waals surface area contributed by atoms with Gasteiger partial charge in [-0.25, -0.2) is 0 Å². The molecule has 76 valence electrons. The van der Waals surface area contributed by atoms with Crippen molar-refractivity contribution >= 4 is 11.4 Å². The van der Waals surface area contributed by atoms with Crippen molar-refractivity contribution < 1.29 is 17.7 Å². The van der Waals surface area contributed by atoms with Crippen LogP contribution in [0, 0.1) is 11.8 Å². The first-order valence-electron chi connectivity index (χ1n) is 4.53. The van der Waals surface area contributed by atoms with Crippen molar-refractivity contribution in [3.05, 3.63) is 0 Å². The minimum absolute atomic E-state index is 0.0195. The largest absolute Gasteiger partial charge is 0.372 e. The molecule has 0 spiro atoms. The molecule has 0 amide bonds. The maximum Gasteiger partial charge on any atom is 0.302 e. The average molecular weight is 206 g/mol. The fourth-order valence-corrected chi connectivity index (χ4v) is 3.01. The van der Waals surface area contributed by atoms with Crippen molar-refractivity contribution in [3.63, 3.8) is 0 Å². The van der Waals surface area contributed by atoms with Crippen LogP contribution in [-0.2, 0) is 20.3 Å². The van der Waals surface area contributed by atoms with E-state index in [4.69, 9.17) is 13.5 Å². The molecule has 2 saturated heterocycles. The zero-order valence-electron chi connectivity index (χ0n) is 7.67. The highest BCUT2D eigenvalue weighted by atomic mass is 32.2. The molecule has 13 heavy (non-hydrogen) atoms. The second-order valence-electron chi connectivity index (χ2n) is 3.99. The lowest BCUT2D eigenvalue weighted by Gasteiger charge is -2.26. The van der Waals surface area contributed by atoms with Gasteiger partial charge in [-0.2, -0.15) is 4.21 Å². The lowest BCUT2D eigenvalue weighted by Crippen LogP contribution is -2.36. The summed E-state index contributed by atoms with van der Waals surface area (Å²) in [5, 5.41) is 0. The zero-order valence-corrected chi connectivity index (χ0v) is 8.49. The Morgan fingerprint density at radius 3 is 2.69 bits per heavy atom. The van der Waals surface area contributed by atoms with Crippen LogP contribution in [0.5, 0.6) is 0 Å². The van der Waals surface area contributed by atoms with Crippen LogP contribution in [0.25, 0.3) is 0 Å². The molecule has 2 fully saturated rings. The molecule has 0 saturated carbocycles. The Morgan fingerprint density at radius 2 is 2.23 bits per heavy atom. The smallest absolute Gasteiger partial charge is 0.302 e. The van der Waals surface area contributed by atoms with Crippen molar-refractivity contribution in [1.82, 2.24) is 0 Å². The van der Waals surface area contributed by atoms with Crippen LogP contribution in [0.15, 0.2) is 0 Å². The van der Waals surface area contributed by atoms with Crippen molar-refractivity contribution in [1.29, 1.82) is 0 Å². The van der Waals surface area contributed by atoms with Crippen LogP contribution in [-0.4, -0.2) is 27.1 Å². The van der Waals surface area contributed by atoms with Gasteiger partial charge < -0.3 is 4.74 Å². The number of ether oxygens (including phenoxy) is 1. The molecule has 4 nitrogen and oxygen atoms in total. The van der Waals surface area contributed by atoms with E-state index in [0.29, 0.717) is 5.92 Å². The molecule has 5 heteroatoms. The average Bonchev–Trinajstić information content (AvgIpc) is 2.51. The van der Waals surface area contributed by atoms with Gasteiger partial charge in [0.15, 0.2) is 0 Å². The SMILES string of the molecule is CC1CC2OC1C(C)C2OS(=O)O. The third kappa shape index (κ3) is 1.54. The quantitative estimate of drug-likeness (QED) is 0.683.